The summed E-state index contributed by atoms with van der Waals surface area (Å²) in [7, 11) is 0.310. The number of nitrogens with two attached hydrogens (primary N) is 1. The highest BCUT2D eigenvalue weighted by Crippen LogP contribution is 2.41. The summed E-state index contributed by atoms with van der Waals surface area (Å²) in [5.41, 5.74) is 4.93. The third kappa shape index (κ3) is 5.22. The van der Waals surface area contributed by atoms with Gasteiger partial charge in [-0.05, 0) is 43.0 Å². The number of benzene rings is 1. The Morgan fingerprint density at radius 2 is 1.97 bits per heavy atom. The van der Waals surface area contributed by atoms with Crippen molar-refractivity contribution in [2.75, 3.05) is 27.7 Å². The summed E-state index contributed by atoms with van der Waals surface area (Å²) in [5.74, 6) is -0.470. The molecule has 8 nitrogen and oxygen atoms in total. The molecule has 33 heavy (non-hydrogen) atoms. The number of halogens is 3. The first kappa shape index (κ1) is 25.2. The summed E-state index contributed by atoms with van der Waals surface area (Å²) in [6.07, 6.45) is -2.30. The number of likely N-dealkylation sites (N-methyl/N-ethyl adjacent to an activating group) is 1. The van der Waals surface area contributed by atoms with Gasteiger partial charge in [0.05, 0.1) is 28.0 Å². The van der Waals surface area contributed by atoms with Crippen molar-refractivity contribution in [3.63, 3.8) is 0 Å². The van der Waals surface area contributed by atoms with Crippen LogP contribution in [0.25, 0.3) is 11.1 Å². The maximum Gasteiger partial charge on any atom is 0.417 e. The van der Waals surface area contributed by atoms with Gasteiger partial charge in [-0.3, -0.25) is 9.48 Å². The fourth-order valence-corrected chi connectivity index (χ4v) is 6.11. The number of hydrogen-bond donors (Lipinski definition) is 1. The number of hydrogen-bond acceptors (Lipinski definition) is 6. The van der Waals surface area contributed by atoms with Gasteiger partial charge < -0.3 is 15.4 Å². The van der Waals surface area contributed by atoms with Crippen LogP contribution in [0.4, 0.5) is 13.2 Å². The Balaban J connectivity index is 1.97. The van der Waals surface area contributed by atoms with Gasteiger partial charge in [-0.1, -0.05) is 6.07 Å². The maximum absolute atomic E-state index is 13.9. The van der Waals surface area contributed by atoms with E-state index < -0.39 is 37.8 Å². The lowest BCUT2D eigenvalue weighted by Gasteiger charge is -2.18. The van der Waals surface area contributed by atoms with E-state index in [0.29, 0.717) is 5.56 Å². The number of nitrogens with zero attached hydrogens (tertiary/aromatic N) is 3. The van der Waals surface area contributed by atoms with Crippen molar-refractivity contribution in [2.24, 2.45) is 11.7 Å². The van der Waals surface area contributed by atoms with Gasteiger partial charge in [-0.15, -0.1) is 0 Å². The molecule has 1 heterocycles. The Kier molecular flexibility index (Phi) is 7.20. The third-order valence-corrected chi connectivity index (χ3v) is 8.22. The second-order valence-electron chi connectivity index (χ2n) is 8.33. The molecule has 182 valence electrons. The normalized spacial score (nSPS) is 21.4. The van der Waals surface area contributed by atoms with Gasteiger partial charge in [-0.2, -0.15) is 18.3 Å². The number of methoxy groups -OCH3 is 1. The van der Waals surface area contributed by atoms with Gasteiger partial charge in [0.25, 0.3) is 0 Å². The molecule has 0 spiro atoms. The first-order valence-corrected chi connectivity index (χ1v) is 11.8. The lowest BCUT2D eigenvalue weighted by atomic mass is 10.1. The lowest BCUT2D eigenvalue weighted by molar-refractivity contribution is -0.139. The van der Waals surface area contributed by atoms with Crippen LogP contribution in [0.15, 0.2) is 35.5 Å². The van der Waals surface area contributed by atoms with E-state index in [1.807, 2.05) is 0 Å². The minimum atomic E-state index is -4.89. The Labute approximate surface area is 190 Å². The number of carbonyl (C=O) groups excluding carboxylic acids is 1. The number of ether oxygens (including phenoxy) is 1. The van der Waals surface area contributed by atoms with E-state index in [2.05, 4.69) is 5.10 Å². The van der Waals surface area contributed by atoms with Crippen LogP contribution >= 0.6 is 0 Å². The van der Waals surface area contributed by atoms with E-state index in [1.165, 1.54) is 35.2 Å². The average Bonchev–Trinajstić information content (AvgIpc) is 3.39. The van der Waals surface area contributed by atoms with Gasteiger partial charge in [0, 0.05) is 33.0 Å². The second kappa shape index (κ2) is 9.43. The molecule has 0 saturated heterocycles. The molecular weight excluding hydrogens is 461 g/mol. The van der Waals surface area contributed by atoms with Crippen LogP contribution in [0.3, 0.4) is 0 Å². The van der Waals surface area contributed by atoms with Crippen LogP contribution in [-0.4, -0.2) is 68.1 Å². The van der Waals surface area contributed by atoms with Gasteiger partial charge >= 0.3 is 6.18 Å². The highest BCUT2D eigenvalue weighted by atomic mass is 32.2. The molecular formula is C21H27F3N4O4S. The van der Waals surface area contributed by atoms with Crippen LogP contribution in [0, 0.1) is 5.92 Å². The molecule has 1 fully saturated rings. The first-order valence-electron chi connectivity index (χ1n) is 10.3. The zero-order valence-electron chi connectivity index (χ0n) is 18.5. The lowest BCUT2D eigenvalue weighted by Crippen LogP contribution is -2.26. The molecule has 3 atom stereocenters. The summed E-state index contributed by atoms with van der Waals surface area (Å²) < 4.78 is 74.8. The molecule has 1 saturated carbocycles. The average molecular weight is 489 g/mol. The van der Waals surface area contributed by atoms with Crippen molar-refractivity contribution in [1.29, 1.82) is 0 Å². The molecule has 1 aromatic heterocycles. The largest absolute Gasteiger partial charge is 0.417 e. The monoisotopic (exact) mass is 488 g/mol. The zero-order chi connectivity index (χ0) is 24.6. The zero-order valence-corrected chi connectivity index (χ0v) is 19.4. The smallest absolute Gasteiger partial charge is 0.381 e. The van der Waals surface area contributed by atoms with Crippen LogP contribution in [-0.2, 0) is 32.1 Å². The highest BCUT2D eigenvalue weighted by molar-refractivity contribution is 7.92. The third-order valence-electron chi connectivity index (χ3n) is 5.99. The predicted octanol–water partition coefficient (Wildman–Crippen LogP) is 2.18. The Morgan fingerprint density at radius 1 is 1.27 bits per heavy atom. The van der Waals surface area contributed by atoms with E-state index in [0.717, 1.165) is 12.1 Å². The first-order chi connectivity index (χ1) is 15.4. The van der Waals surface area contributed by atoms with E-state index in [9.17, 15) is 26.4 Å². The highest BCUT2D eigenvalue weighted by Gasteiger charge is 2.45. The van der Waals surface area contributed by atoms with Crippen LogP contribution < -0.4 is 5.73 Å². The second-order valence-corrected chi connectivity index (χ2v) is 10.5. The fourth-order valence-electron chi connectivity index (χ4n) is 4.07. The molecule has 12 heteroatoms. The Morgan fingerprint density at radius 3 is 2.52 bits per heavy atom. The number of alkyl halides is 3. The molecule has 0 radical (unpaired) electrons. The summed E-state index contributed by atoms with van der Waals surface area (Å²) in [5, 5.41) is 3.01. The maximum atomic E-state index is 13.9. The Hall–Kier alpha value is -2.44. The molecule has 0 unspecified atom stereocenters. The standard InChI is InChI=1S/C21H27F3N4O4S/c1-27(2)20(29)12-28-11-15(10-26-28)13-4-5-19(17(7-13)21(22,23)24)33(30,31)16-6-14(9-25)18(8-16)32-3/h4-5,7,10-11,14,16,18H,6,8-9,12,25H2,1-3H3/t14-,16+,18+/m0/s1. The van der Waals surface area contributed by atoms with E-state index in [-0.39, 0.29) is 43.3 Å². The molecule has 0 aliphatic heterocycles. The van der Waals surface area contributed by atoms with Gasteiger partial charge in [0.2, 0.25) is 5.91 Å². The topological polar surface area (TPSA) is 108 Å². The van der Waals surface area contributed by atoms with E-state index >= 15 is 0 Å². The van der Waals surface area contributed by atoms with Crippen molar-refractivity contribution in [1.82, 2.24) is 14.7 Å². The van der Waals surface area contributed by atoms with E-state index in [1.54, 1.807) is 14.1 Å². The van der Waals surface area contributed by atoms with Crippen molar-refractivity contribution in [2.45, 2.75) is 41.8 Å². The molecule has 3 rings (SSSR count). The van der Waals surface area contributed by atoms with Crippen LogP contribution in [0.2, 0.25) is 0 Å². The predicted molar refractivity (Wildman–Crippen MR) is 115 cm³/mol. The van der Waals surface area contributed by atoms with Crippen molar-refractivity contribution < 1.29 is 31.1 Å². The molecule has 1 amide bonds. The number of amides is 1. The number of carbonyl (C=O) groups is 1. The molecule has 2 aromatic rings. The summed E-state index contributed by atoms with van der Waals surface area (Å²) >= 11 is 0. The van der Waals surface area contributed by atoms with Crippen molar-refractivity contribution in [3.05, 3.63) is 36.2 Å². The number of sulfone groups is 1. The minimum Gasteiger partial charge on any atom is -0.381 e. The minimum absolute atomic E-state index is 0.0732. The number of rotatable bonds is 7. The molecule has 1 aromatic carbocycles. The van der Waals surface area contributed by atoms with Crippen LogP contribution in [0.5, 0.6) is 0 Å². The molecule has 1 aliphatic rings. The quantitative estimate of drug-likeness (QED) is 0.640. The van der Waals surface area contributed by atoms with Crippen molar-refractivity contribution in [3.8, 4) is 11.1 Å². The summed E-state index contributed by atoms with van der Waals surface area (Å²) in [6.45, 7) is 0.117. The molecule has 0 bridgehead atoms. The molecule has 2 N–H and O–H groups in total. The summed E-state index contributed by atoms with van der Waals surface area (Å²) in [4.78, 5) is 12.5. The summed E-state index contributed by atoms with van der Waals surface area (Å²) in [6, 6.07) is 3.12. The van der Waals surface area contributed by atoms with Gasteiger partial charge in [-0.25, -0.2) is 8.42 Å². The number of aromatic nitrogens is 2. The van der Waals surface area contributed by atoms with Crippen LogP contribution in [0.1, 0.15) is 18.4 Å². The van der Waals surface area contributed by atoms with Gasteiger partial charge in [0.15, 0.2) is 9.84 Å². The van der Waals surface area contributed by atoms with Gasteiger partial charge in [0.1, 0.15) is 6.54 Å². The Bertz CT molecular complexity index is 1100. The van der Waals surface area contributed by atoms with Crippen molar-refractivity contribution >= 4 is 15.7 Å². The van der Waals surface area contributed by atoms with E-state index in [4.69, 9.17) is 10.5 Å². The fraction of sp³-hybridized carbons (Fsp3) is 0.524. The SMILES string of the molecule is CO[C@@H]1C[C@H](S(=O)(=O)c2ccc(-c3cnn(CC(=O)N(C)C)c3)cc2C(F)(F)F)C[C@H]1CN. The molecule has 1 aliphatic carbocycles.